The van der Waals surface area contributed by atoms with Crippen LogP contribution in [0.5, 0.6) is 5.75 Å². The maximum Gasteiger partial charge on any atom is 0.387 e. The molecule has 0 spiro atoms. The molecular formula is C26H29F5O. The van der Waals surface area contributed by atoms with Gasteiger partial charge in [-0.25, -0.2) is 13.2 Å². The van der Waals surface area contributed by atoms with Gasteiger partial charge in [0.15, 0.2) is 17.4 Å². The topological polar surface area (TPSA) is 9.23 Å². The summed E-state index contributed by atoms with van der Waals surface area (Å²) in [5.41, 5.74) is 0.895. The zero-order chi connectivity index (χ0) is 22.8. The largest absolute Gasteiger partial charge is 0.429 e. The minimum absolute atomic E-state index is 0.0314. The molecular weight excluding hydrogens is 423 g/mol. The molecule has 2 saturated carbocycles. The Bertz CT molecular complexity index is 921. The zero-order valence-electron chi connectivity index (χ0n) is 18.2. The van der Waals surface area contributed by atoms with Crippen molar-refractivity contribution in [1.29, 1.82) is 0 Å². The predicted molar refractivity (Wildman–Crippen MR) is 114 cm³/mol. The molecule has 0 amide bonds. The maximum atomic E-state index is 14.9. The van der Waals surface area contributed by atoms with Gasteiger partial charge in [-0.15, -0.1) is 0 Å². The second-order valence-electron chi connectivity index (χ2n) is 9.38. The average Bonchev–Trinajstić information content (AvgIpc) is 2.76. The summed E-state index contributed by atoms with van der Waals surface area (Å²) in [6, 6.07) is 6.45. The summed E-state index contributed by atoms with van der Waals surface area (Å²) in [6.45, 7) is -1.10. The van der Waals surface area contributed by atoms with E-state index >= 15 is 0 Å². The van der Waals surface area contributed by atoms with Crippen LogP contribution in [0.4, 0.5) is 22.0 Å². The Morgan fingerprint density at radius 1 is 0.875 bits per heavy atom. The summed E-state index contributed by atoms with van der Waals surface area (Å²) < 4.78 is 71.6. The van der Waals surface area contributed by atoms with Gasteiger partial charge in [0.25, 0.3) is 0 Å². The molecule has 174 valence electrons. The molecule has 2 aromatic rings. The summed E-state index contributed by atoms with van der Waals surface area (Å²) in [7, 11) is 0. The third kappa shape index (κ3) is 4.94. The first-order valence-corrected chi connectivity index (χ1v) is 11.6. The number of hydrogen-bond acceptors (Lipinski definition) is 1. The van der Waals surface area contributed by atoms with Crippen LogP contribution in [0.3, 0.4) is 0 Å². The Labute approximate surface area is 186 Å². The third-order valence-corrected chi connectivity index (χ3v) is 7.40. The summed E-state index contributed by atoms with van der Waals surface area (Å²) in [5, 5.41) is 0. The number of hydrogen-bond donors (Lipinski definition) is 0. The lowest BCUT2D eigenvalue weighted by molar-refractivity contribution is -0.0546. The fourth-order valence-corrected chi connectivity index (χ4v) is 5.90. The van der Waals surface area contributed by atoms with E-state index in [9.17, 15) is 22.0 Å². The van der Waals surface area contributed by atoms with E-state index in [0.29, 0.717) is 5.92 Å². The molecule has 1 nitrogen and oxygen atoms in total. The van der Waals surface area contributed by atoms with Gasteiger partial charge in [-0.05, 0) is 85.1 Å². The lowest BCUT2D eigenvalue weighted by atomic mass is 9.63. The van der Waals surface area contributed by atoms with Crippen molar-refractivity contribution in [1.82, 2.24) is 0 Å². The normalized spacial score (nSPS) is 25.6. The molecule has 6 heteroatoms. The van der Waals surface area contributed by atoms with Crippen LogP contribution >= 0.6 is 0 Å². The van der Waals surface area contributed by atoms with Crippen LogP contribution < -0.4 is 4.74 Å². The second-order valence-corrected chi connectivity index (χ2v) is 9.38. The number of ether oxygens (including phenoxy) is 1. The van der Waals surface area contributed by atoms with Crippen LogP contribution in [0.1, 0.15) is 69.8 Å². The first-order valence-electron chi connectivity index (χ1n) is 11.6. The van der Waals surface area contributed by atoms with E-state index in [4.69, 9.17) is 0 Å². The number of fused-ring (bicyclic) bond motifs is 1. The summed E-state index contributed by atoms with van der Waals surface area (Å²) in [6.07, 6.45) is 9.67. The van der Waals surface area contributed by atoms with E-state index < -0.39 is 29.8 Å². The van der Waals surface area contributed by atoms with Gasteiger partial charge in [-0.2, -0.15) is 8.78 Å². The van der Waals surface area contributed by atoms with E-state index in [2.05, 4.69) is 11.7 Å². The van der Waals surface area contributed by atoms with Crippen molar-refractivity contribution < 1.29 is 26.7 Å². The van der Waals surface area contributed by atoms with Crippen molar-refractivity contribution in [2.24, 2.45) is 17.8 Å². The molecule has 0 bridgehead atoms. The van der Waals surface area contributed by atoms with Crippen LogP contribution in [-0.4, -0.2) is 6.61 Å². The third-order valence-electron chi connectivity index (χ3n) is 7.40. The minimum Gasteiger partial charge on any atom is -0.429 e. The molecule has 0 aliphatic heterocycles. The molecule has 0 N–H and O–H groups in total. The lowest BCUT2D eigenvalue weighted by Gasteiger charge is -2.42. The van der Waals surface area contributed by atoms with Crippen molar-refractivity contribution in [2.75, 3.05) is 0 Å². The van der Waals surface area contributed by atoms with Crippen LogP contribution in [0.2, 0.25) is 0 Å². The van der Waals surface area contributed by atoms with Gasteiger partial charge >= 0.3 is 6.61 Å². The van der Waals surface area contributed by atoms with Crippen molar-refractivity contribution in [2.45, 2.75) is 70.8 Å². The van der Waals surface area contributed by atoms with Crippen molar-refractivity contribution in [3.05, 3.63) is 53.3 Å². The standard InChI is InChI=1S/C26H29F5O/c1-2-3-15-4-5-17-11-18(7-6-16(17)10-15)19-8-9-21(22(27)12-19)20-13-23(28)25(24(29)14-20)32-26(30)31/h8-9,12-18,26H,2-7,10-11H2,1H3. The molecule has 2 aliphatic carbocycles. The van der Waals surface area contributed by atoms with Crippen molar-refractivity contribution in [3.8, 4) is 16.9 Å². The highest BCUT2D eigenvalue weighted by molar-refractivity contribution is 5.66. The number of halogens is 5. The molecule has 0 aromatic heterocycles. The fraction of sp³-hybridized carbons (Fsp3) is 0.538. The van der Waals surface area contributed by atoms with Gasteiger partial charge in [0.2, 0.25) is 0 Å². The Morgan fingerprint density at radius 2 is 1.56 bits per heavy atom. The van der Waals surface area contributed by atoms with Gasteiger partial charge in [0.1, 0.15) is 5.82 Å². The molecule has 4 rings (SSSR count). The van der Waals surface area contributed by atoms with E-state index in [-0.39, 0.29) is 17.0 Å². The van der Waals surface area contributed by atoms with Crippen molar-refractivity contribution in [3.63, 3.8) is 0 Å². The highest BCUT2D eigenvalue weighted by Gasteiger charge is 2.35. The Hall–Kier alpha value is -2.11. The summed E-state index contributed by atoms with van der Waals surface area (Å²) in [5.74, 6) is -1.70. The lowest BCUT2D eigenvalue weighted by Crippen LogP contribution is -2.30. The Morgan fingerprint density at radius 3 is 2.22 bits per heavy atom. The molecule has 4 atom stereocenters. The molecule has 32 heavy (non-hydrogen) atoms. The van der Waals surface area contributed by atoms with Gasteiger partial charge in [-0.1, -0.05) is 38.3 Å². The van der Waals surface area contributed by atoms with Crippen LogP contribution in [-0.2, 0) is 0 Å². The first kappa shape index (κ1) is 23.1. The van der Waals surface area contributed by atoms with Gasteiger partial charge in [0, 0.05) is 5.56 Å². The summed E-state index contributed by atoms with van der Waals surface area (Å²) in [4.78, 5) is 0. The van der Waals surface area contributed by atoms with Crippen LogP contribution in [0.25, 0.3) is 11.1 Å². The highest BCUT2D eigenvalue weighted by atomic mass is 19.3. The van der Waals surface area contributed by atoms with Gasteiger partial charge in [-0.3, -0.25) is 0 Å². The van der Waals surface area contributed by atoms with E-state index in [0.717, 1.165) is 42.4 Å². The Balaban J connectivity index is 1.49. The quantitative estimate of drug-likeness (QED) is 0.399. The number of benzene rings is 2. The molecule has 0 radical (unpaired) electrons. The van der Waals surface area contributed by atoms with Gasteiger partial charge in [0.05, 0.1) is 0 Å². The first-order chi connectivity index (χ1) is 15.4. The maximum absolute atomic E-state index is 14.9. The monoisotopic (exact) mass is 452 g/mol. The van der Waals surface area contributed by atoms with Crippen LogP contribution in [0, 0.1) is 35.2 Å². The van der Waals surface area contributed by atoms with E-state index in [1.807, 2.05) is 6.07 Å². The molecule has 2 aromatic carbocycles. The van der Waals surface area contributed by atoms with Crippen molar-refractivity contribution >= 4 is 0 Å². The Kier molecular flexibility index (Phi) is 7.06. The molecule has 2 aliphatic rings. The average molecular weight is 453 g/mol. The SMILES string of the molecule is CCCC1CCC2CC(c3ccc(-c4cc(F)c(OC(F)F)c(F)c4)c(F)c3)CCC2C1. The molecule has 0 saturated heterocycles. The smallest absolute Gasteiger partial charge is 0.387 e. The molecule has 4 unspecified atom stereocenters. The highest BCUT2D eigenvalue weighted by Crippen LogP contribution is 2.48. The van der Waals surface area contributed by atoms with E-state index in [1.54, 1.807) is 0 Å². The fourth-order valence-electron chi connectivity index (χ4n) is 5.90. The van der Waals surface area contributed by atoms with E-state index in [1.165, 1.54) is 50.7 Å². The van der Waals surface area contributed by atoms with Gasteiger partial charge < -0.3 is 4.74 Å². The second kappa shape index (κ2) is 9.80. The summed E-state index contributed by atoms with van der Waals surface area (Å²) >= 11 is 0. The minimum atomic E-state index is -3.35. The number of alkyl halides is 2. The van der Waals surface area contributed by atoms with Crippen LogP contribution in [0.15, 0.2) is 30.3 Å². The molecule has 2 fully saturated rings. The number of rotatable bonds is 6. The zero-order valence-corrected chi connectivity index (χ0v) is 18.2. The molecule has 0 heterocycles. The predicted octanol–water partition coefficient (Wildman–Crippen LogP) is 8.47.